The topological polar surface area (TPSA) is 117 Å². The number of hydrogen-bond acceptors (Lipinski definition) is 7. The first-order valence-corrected chi connectivity index (χ1v) is 25.6. The van der Waals surface area contributed by atoms with Crippen LogP contribution in [0.15, 0.2) is 48.6 Å². The number of rotatable bonds is 46. The van der Waals surface area contributed by atoms with Crippen LogP contribution in [0.4, 0.5) is 0 Å². The number of phosphoric ester groups is 1. The van der Waals surface area contributed by atoms with E-state index in [1.807, 2.05) is 0 Å². The molecule has 2 unspecified atom stereocenters. The quantitative estimate of drug-likeness (QED) is 0.0269. The van der Waals surface area contributed by atoms with Gasteiger partial charge in [-0.3, -0.25) is 13.8 Å². The van der Waals surface area contributed by atoms with Crippen LogP contribution in [-0.2, 0) is 27.9 Å². The molecule has 0 aliphatic carbocycles. The van der Waals surface area contributed by atoms with Crippen LogP contribution in [0.2, 0.25) is 0 Å². The standard InChI is InChI=1S/C49H92NO7P/c1-3-5-7-9-11-13-15-17-18-19-20-21-22-23-24-25-26-27-28-29-31-33-35-37-39-41-44-54-46-48(47-56-58(52,53)55-45-43-50)57-49(51)42-40-38-36-34-32-30-16-14-12-10-8-6-4-2/h5,7,11,13,17-18,20-21,48H,3-4,6,8-10,12,14-16,19,22-47,50H2,1-2H3,(H,52,53)/b7-5-,13-11-,18-17-,21-20-. The van der Waals surface area contributed by atoms with Crippen LogP contribution in [-0.4, -0.2) is 49.9 Å². The minimum atomic E-state index is -4.28. The van der Waals surface area contributed by atoms with Crippen molar-refractivity contribution in [2.45, 2.75) is 225 Å². The first-order valence-electron chi connectivity index (χ1n) is 24.1. The Balaban J connectivity index is 3.89. The second kappa shape index (κ2) is 46.5. The van der Waals surface area contributed by atoms with Gasteiger partial charge in [0.1, 0.15) is 6.10 Å². The Bertz CT molecular complexity index is 1030. The molecule has 0 aliphatic heterocycles. The second-order valence-electron chi connectivity index (χ2n) is 16.0. The Morgan fingerprint density at radius 2 is 0.966 bits per heavy atom. The highest BCUT2D eigenvalue weighted by molar-refractivity contribution is 7.47. The number of carbonyl (C=O) groups excluding carboxylic acids is 1. The van der Waals surface area contributed by atoms with E-state index in [9.17, 15) is 14.3 Å². The largest absolute Gasteiger partial charge is 0.472 e. The van der Waals surface area contributed by atoms with Gasteiger partial charge in [0.2, 0.25) is 0 Å². The Kier molecular flexibility index (Phi) is 45.3. The summed E-state index contributed by atoms with van der Waals surface area (Å²) in [5.74, 6) is -0.329. The summed E-state index contributed by atoms with van der Waals surface area (Å²) in [4.78, 5) is 22.5. The molecule has 0 bridgehead atoms. The fraction of sp³-hybridized carbons (Fsp3) is 0.816. The summed E-state index contributed by atoms with van der Waals surface area (Å²) in [5, 5.41) is 0. The number of esters is 1. The lowest BCUT2D eigenvalue weighted by atomic mass is 10.0. The van der Waals surface area contributed by atoms with Crippen molar-refractivity contribution in [3.63, 3.8) is 0 Å². The third-order valence-electron chi connectivity index (χ3n) is 10.3. The Morgan fingerprint density at radius 3 is 1.45 bits per heavy atom. The SMILES string of the molecule is CC/C=C\C/C=C\C/C=C\C/C=C\CCCCCCCCCCCCCCCOCC(COP(=O)(O)OCCN)OC(=O)CCCCCCCCCCCCCCC. The fourth-order valence-electron chi connectivity index (χ4n) is 6.75. The van der Waals surface area contributed by atoms with Crippen molar-refractivity contribution in [2.24, 2.45) is 5.73 Å². The molecule has 8 nitrogen and oxygen atoms in total. The minimum Gasteiger partial charge on any atom is -0.457 e. The third kappa shape index (κ3) is 45.5. The Morgan fingerprint density at radius 1 is 0.534 bits per heavy atom. The van der Waals surface area contributed by atoms with E-state index in [2.05, 4.69) is 62.5 Å². The Labute approximate surface area is 358 Å². The fourth-order valence-corrected chi connectivity index (χ4v) is 7.52. The van der Waals surface area contributed by atoms with E-state index in [-0.39, 0.29) is 32.3 Å². The summed E-state index contributed by atoms with van der Waals surface area (Å²) >= 11 is 0. The van der Waals surface area contributed by atoms with E-state index in [4.69, 9.17) is 24.3 Å². The maximum atomic E-state index is 12.6. The summed E-state index contributed by atoms with van der Waals surface area (Å²) in [5.41, 5.74) is 5.38. The average Bonchev–Trinajstić information content (AvgIpc) is 3.21. The van der Waals surface area contributed by atoms with Crippen molar-refractivity contribution < 1.29 is 32.8 Å². The molecule has 0 fully saturated rings. The highest BCUT2D eigenvalue weighted by atomic mass is 31.2. The molecule has 0 aromatic rings. The number of phosphoric acid groups is 1. The van der Waals surface area contributed by atoms with E-state index >= 15 is 0 Å². The van der Waals surface area contributed by atoms with Crippen LogP contribution in [0.5, 0.6) is 0 Å². The van der Waals surface area contributed by atoms with E-state index in [1.165, 1.54) is 141 Å². The summed E-state index contributed by atoms with van der Waals surface area (Å²) in [6.45, 7) is 4.83. The zero-order chi connectivity index (χ0) is 42.3. The highest BCUT2D eigenvalue weighted by Crippen LogP contribution is 2.43. The van der Waals surface area contributed by atoms with Gasteiger partial charge in [0.15, 0.2) is 0 Å². The molecule has 0 aromatic carbocycles. The van der Waals surface area contributed by atoms with Crippen LogP contribution in [0.3, 0.4) is 0 Å². The summed E-state index contributed by atoms with van der Waals surface area (Å²) < 4.78 is 33.5. The van der Waals surface area contributed by atoms with Gasteiger partial charge < -0.3 is 20.1 Å². The molecule has 58 heavy (non-hydrogen) atoms. The number of nitrogens with two attached hydrogens (primary N) is 1. The zero-order valence-electron chi connectivity index (χ0n) is 37.8. The molecule has 0 saturated heterocycles. The molecule has 3 N–H and O–H groups in total. The molecule has 340 valence electrons. The first-order chi connectivity index (χ1) is 28.4. The van der Waals surface area contributed by atoms with Crippen LogP contribution in [0, 0.1) is 0 Å². The minimum absolute atomic E-state index is 0.0948. The van der Waals surface area contributed by atoms with Gasteiger partial charge in [-0.25, -0.2) is 4.57 Å². The Hall–Kier alpha value is -1.54. The smallest absolute Gasteiger partial charge is 0.457 e. The predicted octanol–water partition coefficient (Wildman–Crippen LogP) is 14.8. The molecule has 0 amide bonds. The van der Waals surface area contributed by atoms with Gasteiger partial charge in [-0.05, 0) is 51.4 Å². The zero-order valence-corrected chi connectivity index (χ0v) is 38.7. The summed E-state index contributed by atoms with van der Waals surface area (Å²) in [6.07, 6.45) is 55.7. The molecular formula is C49H92NO7P. The maximum Gasteiger partial charge on any atom is 0.472 e. The van der Waals surface area contributed by atoms with Crippen molar-refractivity contribution in [1.29, 1.82) is 0 Å². The first kappa shape index (κ1) is 56.5. The van der Waals surface area contributed by atoms with Gasteiger partial charge in [-0.2, -0.15) is 0 Å². The van der Waals surface area contributed by atoms with E-state index in [1.54, 1.807) is 0 Å². The van der Waals surface area contributed by atoms with E-state index < -0.39 is 13.9 Å². The molecule has 0 radical (unpaired) electrons. The van der Waals surface area contributed by atoms with Gasteiger partial charge >= 0.3 is 13.8 Å². The van der Waals surface area contributed by atoms with Crippen molar-refractivity contribution in [3.05, 3.63) is 48.6 Å². The highest BCUT2D eigenvalue weighted by Gasteiger charge is 2.25. The molecule has 0 heterocycles. The molecule has 2 atom stereocenters. The van der Waals surface area contributed by atoms with Crippen molar-refractivity contribution in [1.82, 2.24) is 0 Å². The van der Waals surface area contributed by atoms with Crippen LogP contribution >= 0.6 is 7.82 Å². The van der Waals surface area contributed by atoms with E-state index in [0.717, 1.165) is 57.8 Å². The molecule has 0 aromatic heterocycles. The van der Waals surface area contributed by atoms with Gasteiger partial charge in [0.05, 0.1) is 19.8 Å². The van der Waals surface area contributed by atoms with Crippen LogP contribution < -0.4 is 5.73 Å². The lowest BCUT2D eigenvalue weighted by molar-refractivity contribution is -0.154. The number of carbonyl (C=O) groups is 1. The second-order valence-corrected chi connectivity index (χ2v) is 17.4. The normalized spacial score (nSPS) is 13.8. The molecule has 0 spiro atoms. The lowest BCUT2D eigenvalue weighted by Gasteiger charge is -2.20. The molecule has 0 rings (SSSR count). The monoisotopic (exact) mass is 838 g/mol. The van der Waals surface area contributed by atoms with E-state index in [0.29, 0.717) is 13.0 Å². The van der Waals surface area contributed by atoms with Crippen molar-refractivity contribution in [2.75, 3.05) is 33.0 Å². The molecule has 0 saturated carbocycles. The number of ether oxygens (including phenoxy) is 2. The predicted molar refractivity (Wildman–Crippen MR) is 247 cm³/mol. The van der Waals surface area contributed by atoms with Gasteiger partial charge in [0, 0.05) is 19.6 Å². The lowest BCUT2D eigenvalue weighted by Crippen LogP contribution is -2.28. The van der Waals surface area contributed by atoms with Gasteiger partial charge in [-0.15, -0.1) is 0 Å². The number of unbranched alkanes of at least 4 members (excludes halogenated alkanes) is 25. The molecular weight excluding hydrogens is 746 g/mol. The van der Waals surface area contributed by atoms with Gasteiger partial charge in [-0.1, -0.05) is 210 Å². The van der Waals surface area contributed by atoms with Crippen LogP contribution in [0.25, 0.3) is 0 Å². The maximum absolute atomic E-state index is 12.6. The third-order valence-corrected chi connectivity index (χ3v) is 11.2. The number of hydrogen-bond donors (Lipinski definition) is 2. The van der Waals surface area contributed by atoms with Crippen LogP contribution in [0.1, 0.15) is 219 Å². The summed E-state index contributed by atoms with van der Waals surface area (Å²) in [6, 6.07) is 0. The molecule has 0 aliphatic rings. The molecule has 9 heteroatoms. The summed E-state index contributed by atoms with van der Waals surface area (Å²) in [7, 11) is -4.28. The number of allylic oxidation sites excluding steroid dienone is 8. The van der Waals surface area contributed by atoms with Gasteiger partial charge in [0.25, 0.3) is 0 Å². The van der Waals surface area contributed by atoms with Crippen molar-refractivity contribution >= 4 is 13.8 Å². The average molecular weight is 838 g/mol. The van der Waals surface area contributed by atoms with Crippen molar-refractivity contribution in [3.8, 4) is 0 Å².